The van der Waals surface area contributed by atoms with E-state index in [9.17, 15) is 9.59 Å². The number of benzene rings is 2. The molecule has 6 heteroatoms. The molecule has 3 aromatic rings. The van der Waals surface area contributed by atoms with Crippen LogP contribution in [-0.4, -0.2) is 29.5 Å². The van der Waals surface area contributed by atoms with E-state index in [1.165, 1.54) is 11.1 Å². The molecule has 0 atom stereocenters. The Morgan fingerprint density at radius 1 is 0.968 bits per heavy atom. The van der Waals surface area contributed by atoms with Gasteiger partial charge in [-0.2, -0.15) is 0 Å². The SMILES string of the molecule is Cc1cc(C(=O)COC(=O)COc2ccc3c(c2)CCC3)c(C)n1-c1ccc(Br)cc1. The van der Waals surface area contributed by atoms with E-state index >= 15 is 0 Å². The fourth-order valence-corrected chi connectivity index (χ4v) is 4.34. The van der Waals surface area contributed by atoms with E-state index in [2.05, 4.69) is 15.9 Å². The van der Waals surface area contributed by atoms with Gasteiger partial charge < -0.3 is 14.0 Å². The quantitative estimate of drug-likeness (QED) is 0.345. The van der Waals surface area contributed by atoms with Crippen molar-refractivity contribution in [2.75, 3.05) is 13.2 Å². The first-order valence-corrected chi connectivity index (χ1v) is 11.1. The highest BCUT2D eigenvalue weighted by molar-refractivity contribution is 9.10. The second-order valence-electron chi connectivity index (χ2n) is 7.75. The first-order chi connectivity index (χ1) is 14.9. The molecule has 0 amide bonds. The van der Waals surface area contributed by atoms with Crippen molar-refractivity contribution in [3.05, 3.63) is 81.1 Å². The van der Waals surface area contributed by atoms with E-state index in [4.69, 9.17) is 9.47 Å². The Bertz CT molecular complexity index is 1130. The molecule has 2 aromatic carbocycles. The fraction of sp³-hybridized carbons (Fsp3) is 0.280. The molecule has 1 aromatic heterocycles. The van der Waals surface area contributed by atoms with E-state index < -0.39 is 5.97 Å². The number of esters is 1. The van der Waals surface area contributed by atoms with Crippen LogP contribution in [0.4, 0.5) is 0 Å². The Morgan fingerprint density at radius 2 is 1.71 bits per heavy atom. The normalized spacial score (nSPS) is 12.5. The van der Waals surface area contributed by atoms with Gasteiger partial charge in [0.2, 0.25) is 5.78 Å². The summed E-state index contributed by atoms with van der Waals surface area (Å²) in [6, 6.07) is 15.6. The molecule has 0 N–H and O–H groups in total. The Morgan fingerprint density at radius 3 is 2.48 bits per heavy atom. The number of ether oxygens (including phenoxy) is 2. The molecule has 0 fully saturated rings. The lowest BCUT2D eigenvalue weighted by Gasteiger charge is -2.10. The van der Waals surface area contributed by atoms with Crippen molar-refractivity contribution in [1.82, 2.24) is 4.57 Å². The monoisotopic (exact) mass is 481 g/mol. The van der Waals surface area contributed by atoms with Crippen molar-refractivity contribution in [2.45, 2.75) is 33.1 Å². The molecule has 0 radical (unpaired) electrons. The van der Waals surface area contributed by atoms with Gasteiger partial charge in [-0.25, -0.2) is 4.79 Å². The molecular weight excluding hydrogens is 458 g/mol. The largest absolute Gasteiger partial charge is 0.482 e. The number of hydrogen-bond acceptors (Lipinski definition) is 4. The van der Waals surface area contributed by atoms with Gasteiger partial charge >= 0.3 is 5.97 Å². The van der Waals surface area contributed by atoms with Gasteiger partial charge in [-0.15, -0.1) is 0 Å². The summed E-state index contributed by atoms with van der Waals surface area (Å²) in [5.74, 6) is -0.139. The zero-order valence-corrected chi connectivity index (χ0v) is 19.2. The van der Waals surface area contributed by atoms with Crippen LogP contribution in [0.1, 0.15) is 39.3 Å². The van der Waals surface area contributed by atoms with Crippen molar-refractivity contribution in [2.24, 2.45) is 0 Å². The summed E-state index contributed by atoms with van der Waals surface area (Å²) in [6.45, 7) is 3.31. The van der Waals surface area contributed by atoms with Crippen molar-refractivity contribution < 1.29 is 19.1 Å². The molecule has 5 nitrogen and oxygen atoms in total. The number of nitrogens with zero attached hydrogens (tertiary/aromatic N) is 1. The molecule has 4 rings (SSSR count). The third-order valence-corrected chi connectivity index (χ3v) is 6.14. The van der Waals surface area contributed by atoms with Gasteiger partial charge in [0.1, 0.15) is 5.75 Å². The highest BCUT2D eigenvalue weighted by atomic mass is 79.9. The number of aromatic nitrogens is 1. The van der Waals surface area contributed by atoms with Crippen molar-refractivity contribution >= 4 is 27.7 Å². The lowest BCUT2D eigenvalue weighted by Crippen LogP contribution is -2.20. The van der Waals surface area contributed by atoms with Gasteiger partial charge in [0.25, 0.3) is 0 Å². The van der Waals surface area contributed by atoms with E-state index in [0.717, 1.165) is 40.8 Å². The molecule has 0 bridgehead atoms. The summed E-state index contributed by atoms with van der Waals surface area (Å²) in [5, 5.41) is 0. The Hall–Kier alpha value is -2.86. The fourth-order valence-electron chi connectivity index (χ4n) is 4.08. The molecule has 1 heterocycles. The number of rotatable bonds is 7. The van der Waals surface area contributed by atoms with Crippen LogP contribution in [0.3, 0.4) is 0 Å². The van der Waals surface area contributed by atoms with E-state index in [1.807, 2.05) is 66.9 Å². The second-order valence-corrected chi connectivity index (χ2v) is 8.67. The number of halogens is 1. The summed E-state index contributed by atoms with van der Waals surface area (Å²) in [6.07, 6.45) is 3.30. The highest BCUT2D eigenvalue weighted by Crippen LogP contribution is 2.26. The molecule has 0 aliphatic heterocycles. The number of carbonyl (C=O) groups excluding carboxylic acids is 2. The molecule has 0 saturated carbocycles. The Kier molecular flexibility index (Phi) is 6.28. The third kappa shape index (κ3) is 4.74. The molecule has 1 aliphatic rings. The standard InChI is InChI=1S/C25H24BrNO4/c1-16-12-23(17(2)27(16)21-9-7-20(26)8-10-21)24(28)14-31-25(29)15-30-22-11-6-18-4-3-5-19(18)13-22/h6-13H,3-5,14-15H2,1-2H3. The van der Waals surface area contributed by atoms with Gasteiger partial charge in [0, 0.05) is 27.1 Å². The van der Waals surface area contributed by atoms with Crippen molar-refractivity contribution in [3.63, 3.8) is 0 Å². The van der Waals surface area contributed by atoms with Crippen LogP contribution >= 0.6 is 15.9 Å². The van der Waals surface area contributed by atoms with Gasteiger partial charge in [-0.1, -0.05) is 22.0 Å². The topological polar surface area (TPSA) is 57.5 Å². The van der Waals surface area contributed by atoms with Crippen LogP contribution < -0.4 is 4.74 Å². The second kappa shape index (κ2) is 9.10. The Labute approximate surface area is 190 Å². The molecular formula is C25H24BrNO4. The minimum Gasteiger partial charge on any atom is -0.482 e. The first kappa shape index (κ1) is 21.4. The zero-order chi connectivity index (χ0) is 22.0. The average molecular weight is 482 g/mol. The maximum Gasteiger partial charge on any atom is 0.344 e. The summed E-state index contributed by atoms with van der Waals surface area (Å²) < 4.78 is 13.7. The van der Waals surface area contributed by atoms with Crippen LogP contribution in [0.25, 0.3) is 5.69 Å². The van der Waals surface area contributed by atoms with E-state index in [1.54, 1.807) is 0 Å². The van der Waals surface area contributed by atoms with Gasteiger partial charge in [-0.05, 0) is 86.7 Å². The lowest BCUT2D eigenvalue weighted by molar-refractivity contribution is -0.144. The number of aryl methyl sites for hydroxylation is 3. The van der Waals surface area contributed by atoms with Crippen molar-refractivity contribution in [3.8, 4) is 11.4 Å². The molecule has 31 heavy (non-hydrogen) atoms. The van der Waals surface area contributed by atoms with Gasteiger partial charge in [0.15, 0.2) is 13.2 Å². The minimum absolute atomic E-state index is 0.218. The highest BCUT2D eigenvalue weighted by Gasteiger charge is 2.19. The van der Waals surface area contributed by atoms with Crippen LogP contribution in [-0.2, 0) is 22.4 Å². The summed E-state index contributed by atoms with van der Waals surface area (Å²) >= 11 is 3.44. The number of fused-ring (bicyclic) bond motifs is 1. The maximum absolute atomic E-state index is 12.7. The first-order valence-electron chi connectivity index (χ1n) is 10.3. The minimum atomic E-state index is -0.560. The van der Waals surface area contributed by atoms with Crippen LogP contribution in [0.5, 0.6) is 5.75 Å². The van der Waals surface area contributed by atoms with Crippen LogP contribution in [0.15, 0.2) is 53.0 Å². The predicted octanol–water partition coefficient (Wildman–Crippen LogP) is 5.15. The average Bonchev–Trinajstić information content (AvgIpc) is 3.34. The van der Waals surface area contributed by atoms with E-state index in [-0.39, 0.29) is 19.0 Å². The van der Waals surface area contributed by atoms with E-state index in [0.29, 0.717) is 11.3 Å². The molecule has 160 valence electrons. The summed E-state index contributed by atoms with van der Waals surface area (Å²) in [4.78, 5) is 24.8. The van der Waals surface area contributed by atoms with Crippen LogP contribution in [0.2, 0.25) is 0 Å². The molecule has 1 aliphatic carbocycles. The number of Topliss-reactive ketones (excluding diaryl/α,β-unsaturated/α-hetero) is 1. The smallest absolute Gasteiger partial charge is 0.344 e. The number of hydrogen-bond donors (Lipinski definition) is 0. The number of ketones is 1. The van der Waals surface area contributed by atoms with Crippen molar-refractivity contribution in [1.29, 1.82) is 0 Å². The maximum atomic E-state index is 12.7. The van der Waals surface area contributed by atoms with Gasteiger partial charge in [-0.3, -0.25) is 4.79 Å². The molecule has 0 spiro atoms. The zero-order valence-electron chi connectivity index (χ0n) is 17.6. The number of carbonyl (C=O) groups is 2. The lowest BCUT2D eigenvalue weighted by atomic mass is 10.1. The molecule has 0 unspecified atom stereocenters. The Balaban J connectivity index is 1.35. The summed E-state index contributed by atoms with van der Waals surface area (Å²) in [7, 11) is 0. The van der Waals surface area contributed by atoms with Crippen LogP contribution in [0, 0.1) is 13.8 Å². The molecule has 0 saturated heterocycles. The van der Waals surface area contributed by atoms with Gasteiger partial charge in [0.05, 0.1) is 0 Å². The predicted molar refractivity (Wildman–Crippen MR) is 122 cm³/mol. The third-order valence-electron chi connectivity index (χ3n) is 5.61. The summed E-state index contributed by atoms with van der Waals surface area (Å²) in [5.41, 5.74) is 5.90.